The summed E-state index contributed by atoms with van der Waals surface area (Å²) in [5.74, 6) is 0.635. The number of fused-ring (bicyclic) bond motifs is 1. The quantitative estimate of drug-likeness (QED) is 0.911. The normalized spacial score (nSPS) is 17.1. The molecule has 116 valence electrons. The molecule has 3 rings (SSSR count). The molecule has 0 aromatic carbocycles. The molecular formula is C16H18N2O3S. The Morgan fingerprint density at radius 2 is 2.18 bits per heavy atom. The first-order chi connectivity index (χ1) is 10.5. The number of hydrogen-bond acceptors (Lipinski definition) is 4. The van der Waals surface area contributed by atoms with Gasteiger partial charge >= 0.3 is 0 Å². The molecule has 1 atom stereocenters. The van der Waals surface area contributed by atoms with E-state index in [1.54, 1.807) is 19.1 Å². The molecule has 3 N–H and O–H groups in total. The SMILES string of the molecule is Cc1ccc(C(=O)Nc2sc3c(c2C(N)=O)CC[C@H](C)C3)o1. The predicted molar refractivity (Wildman–Crippen MR) is 85.4 cm³/mol. The Balaban J connectivity index is 1.93. The molecule has 2 heterocycles. The summed E-state index contributed by atoms with van der Waals surface area (Å²) in [6, 6.07) is 3.34. The average Bonchev–Trinajstić information content (AvgIpc) is 3.01. The highest BCUT2D eigenvalue weighted by atomic mass is 32.1. The van der Waals surface area contributed by atoms with Gasteiger partial charge in [0.1, 0.15) is 10.8 Å². The minimum absolute atomic E-state index is 0.229. The van der Waals surface area contributed by atoms with Crippen LogP contribution < -0.4 is 11.1 Å². The van der Waals surface area contributed by atoms with E-state index < -0.39 is 5.91 Å². The zero-order chi connectivity index (χ0) is 15.9. The van der Waals surface area contributed by atoms with Crippen molar-refractivity contribution in [2.45, 2.75) is 33.1 Å². The second kappa shape index (κ2) is 5.61. The molecule has 2 aromatic rings. The Hall–Kier alpha value is -2.08. The van der Waals surface area contributed by atoms with Gasteiger partial charge < -0.3 is 15.5 Å². The van der Waals surface area contributed by atoms with E-state index in [1.165, 1.54) is 11.3 Å². The molecule has 0 unspecified atom stereocenters. The van der Waals surface area contributed by atoms with Gasteiger partial charge in [-0.1, -0.05) is 6.92 Å². The fourth-order valence-corrected chi connectivity index (χ4v) is 4.23. The summed E-state index contributed by atoms with van der Waals surface area (Å²) >= 11 is 1.45. The fourth-order valence-electron chi connectivity index (χ4n) is 2.82. The van der Waals surface area contributed by atoms with Crippen LogP contribution >= 0.6 is 11.3 Å². The minimum Gasteiger partial charge on any atom is -0.456 e. The second-order valence-electron chi connectivity index (χ2n) is 5.78. The first-order valence-corrected chi connectivity index (χ1v) is 8.09. The van der Waals surface area contributed by atoms with E-state index in [1.807, 2.05) is 0 Å². The number of furan rings is 1. The van der Waals surface area contributed by atoms with Gasteiger partial charge in [-0.3, -0.25) is 9.59 Å². The Morgan fingerprint density at radius 3 is 2.82 bits per heavy atom. The molecule has 0 radical (unpaired) electrons. The number of thiophene rings is 1. The maximum Gasteiger partial charge on any atom is 0.291 e. The molecule has 0 aliphatic heterocycles. The smallest absolute Gasteiger partial charge is 0.291 e. The molecule has 0 spiro atoms. The van der Waals surface area contributed by atoms with Crippen LogP contribution in [0.2, 0.25) is 0 Å². The summed E-state index contributed by atoms with van der Waals surface area (Å²) in [6.07, 6.45) is 2.80. The van der Waals surface area contributed by atoms with Crippen LogP contribution in [0.25, 0.3) is 0 Å². The van der Waals surface area contributed by atoms with Crippen LogP contribution in [0.15, 0.2) is 16.5 Å². The molecule has 2 amide bonds. The van der Waals surface area contributed by atoms with E-state index >= 15 is 0 Å². The van der Waals surface area contributed by atoms with Gasteiger partial charge in [0.25, 0.3) is 11.8 Å². The summed E-state index contributed by atoms with van der Waals surface area (Å²) in [7, 11) is 0. The van der Waals surface area contributed by atoms with Crippen molar-refractivity contribution in [2.24, 2.45) is 11.7 Å². The number of hydrogen-bond donors (Lipinski definition) is 2. The van der Waals surface area contributed by atoms with Gasteiger partial charge in [0, 0.05) is 4.88 Å². The maximum absolute atomic E-state index is 12.2. The van der Waals surface area contributed by atoms with Crippen molar-refractivity contribution in [2.75, 3.05) is 5.32 Å². The Labute approximate surface area is 132 Å². The van der Waals surface area contributed by atoms with Crippen LogP contribution in [0.5, 0.6) is 0 Å². The van der Waals surface area contributed by atoms with Crippen LogP contribution in [0.3, 0.4) is 0 Å². The van der Waals surface area contributed by atoms with Crippen LogP contribution in [0.4, 0.5) is 5.00 Å². The highest BCUT2D eigenvalue weighted by Gasteiger charge is 2.27. The van der Waals surface area contributed by atoms with Gasteiger partial charge in [0.15, 0.2) is 5.76 Å². The molecule has 5 nitrogen and oxygen atoms in total. The van der Waals surface area contributed by atoms with E-state index in [4.69, 9.17) is 10.2 Å². The second-order valence-corrected chi connectivity index (χ2v) is 6.89. The van der Waals surface area contributed by atoms with Crippen molar-refractivity contribution in [3.05, 3.63) is 39.7 Å². The lowest BCUT2D eigenvalue weighted by molar-refractivity contribution is 0.0996. The van der Waals surface area contributed by atoms with Gasteiger partial charge in [-0.2, -0.15) is 0 Å². The minimum atomic E-state index is -0.488. The van der Waals surface area contributed by atoms with Gasteiger partial charge in [-0.05, 0) is 49.8 Å². The Kier molecular flexibility index (Phi) is 3.78. The Morgan fingerprint density at radius 1 is 1.41 bits per heavy atom. The molecular weight excluding hydrogens is 300 g/mol. The van der Waals surface area contributed by atoms with Crippen molar-refractivity contribution >= 4 is 28.2 Å². The molecule has 1 aliphatic carbocycles. The number of amides is 2. The van der Waals surface area contributed by atoms with Crippen molar-refractivity contribution < 1.29 is 14.0 Å². The zero-order valence-corrected chi connectivity index (χ0v) is 13.4. The van der Waals surface area contributed by atoms with E-state index in [2.05, 4.69) is 12.2 Å². The molecule has 0 saturated carbocycles. The number of primary amides is 1. The summed E-state index contributed by atoms with van der Waals surface area (Å²) in [5, 5.41) is 3.31. The van der Waals surface area contributed by atoms with Crippen molar-refractivity contribution in [1.82, 2.24) is 0 Å². The third-order valence-electron chi connectivity index (χ3n) is 3.95. The molecule has 6 heteroatoms. The first-order valence-electron chi connectivity index (χ1n) is 7.28. The van der Waals surface area contributed by atoms with Gasteiger partial charge in [-0.15, -0.1) is 11.3 Å². The van der Waals surface area contributed by atoms with E-state index in [0.717, 1.165) is 29.7 Å². The van der Waals surface area contributed by atoms with Crippen LogP contribution in [0.1, 0.15) is 50.5 Å². The first kappa shape index (κ1) is 14.8. The number of nitrogens with one attached hydrogen (secondary N) is 1. The number of carbonyl (C=O) groups excluding carboxylic acids is 2. The standard InChI is InChI=1S/C16H18N2O3S/c1-8-3-5-10-12(7-8)22-16(13(10)14(17)19)18-15(20)11-6-4-9(2)21-11/h4,6,8H,3,5,7H2,1-2H3,(H2,17,19)(H,18,20)/t8-/m0/s1. The van der Waals surface area contributed by atoms with Crippen molar-refractivity contribution in [3.63, 3.8) is 0 Å². The lowest BCUT2D eigenvalue weighted by atomic mass is 9.88. The topological polar surface area (TPSA) is 85.3 Å². The number of anilines is 1. The lowest BCUT2D eigenvalue weighted by Gasteiger charge is -2.18. The van der Waals surface area contributed by atoms with Gasteiger partial charge in [0.2, 0.25) is 0 Å². The van der Waals surface area contributed by atoms with Crippen LogP contribution in [0, 0.1) is 12.8 Å². The maximum atomic E-state index is 12.2. The Bertz CT molecular complexity index is 745. The number of nitrogens with two attached hydrogens (primary N) is 1. The average molecular weight is 318 g/mol. The summed E-state index contributed by atoms with van der Waals surface area (Å²) < 4.78 is 5.31. The third kappa shape index (κ3) is 2.66. The highest BCUT2D eigenvalue weighted by molar-refractivity contribution is 7.17. The highest BCUT2D eigenvalue weighted by Crippen LogP contribution is 2.39. The monoisotopic (exact) mass is 318 g/mol. The molecule has 0 saturated heterocycles. The number of rotatable bonds is 3. The van der Waals surface area contributed by atoms with Gasteiger partial charge in [-0.25, -0.2) is 0 Å². The van der Waals surface area contributed by atoms with E-state index in [9.17, 15) is 9.59 Å². The van der Waals surface area contributed by atoms with Crippen LogP contribution in [-0.4, -0.2) is 11.8 Å². The molecule has 0 fully saturated rings. The zero-order valence-electron chi connectivity index (χ0n) is 12.6. The summed E-state index contributed by atoms with van der Waals surface area (Å²) in [6.45, 7) is 3.97. The van der Waals surface area contributed by atoms with Crippen molar-refractivity contribution in [1.29, 1.82) is 0 Å². The largest absolute Gasteiger partial charge is 0.456 e. The fraction of sp³-hybridized carbons (Fsp3) is 0.375. The number of aryl methyl sites for hydroxylation is 1. The third-order valence-corrected chi connectivity index (χ3v) is 5.12. The van der Waals surface area contributed by atoms with Crippen molar-refractivity contribution in [3.8, 4) is 0 Å². The molecule has 2 aromatic heterocycles. The van der Waals surface area contributed by atoms with Crippen LogP contribution in [-0.2, 0) is 12.8 Å². The molecule has 0 bridgehead atoms. The van der Waals surface area contributed by atoms with Gasteiger partial charge in [0.05, 0.1) is 5.56 Å². The summed E-state index contributed by atoms with van der Waals surface area (Å²) in [4.78, 5) is 25.2. The molecule has 1 aliphatic rings. The summed E-state index contributed by atoms with van der Waals surface area (Å²) in [5.41, 5.74) is 6.99. The number of carbonyl (C=O) groups is 2. The van der Waals surface area contributed by atoms with E-state index in [-0.39, 0.29) is 11.7 Å². The predicted octanol–water partition coefficient (Wildman–Crippen LogP) is 3.13. The van der Waals surface area contributed by atoms with E-state index in [0.29, 0.717) is 22.2 Å². The molecule has 22 heavy (non-hydrogen) atoms. The lowest BCUT2D eigenvalue weighted by Crippen LogP contribution is -2.19.